The Kier molecular flexibility index (Phi) is 5.24. The summed E-state index contributed by atoms with van der Waals surface area (Å²) < 4.78 is 3.81. The minimum atomic E-state index is -1.30. The standard InChI is InChI=1S/C16H20N4O6S/c1-8-12(11(9(2)22)15(23)24)20(7-21)13(16(25)26)14(8)27-10-3-18-5-17-6-19(18)4-10/h5-12,22H,3-4H2,1-2H3,(H-,23,24,25,26)/p+1/t8-,9-,11?,12?/m1/s1. The number of carbonyl (C=O) groups is 3. The fourth-order valence-corrected chi connectivity index (χ4v) is 5.33. The predicted molar refractivity (Wildman–Crippen MR) is 92.1 cm³/mol. The maximum atomic E-state index is 11.9. The first kappa shape index (κ1) is 19.4. The van der Waals surface area contributed by atoms with Gasteiger partial charge in [-0.1, -0.05) is 6.92 Å². The molecule has 1 aromatic heterocycles. The molecular formula is C16H21N4O6S+. The topological polar surface area (TPSA) is 137 Å². The smallest absolute Gasteiger partial charge is 0.353 e. The summed E-state index contributed by atoms with van der Waals surface area (Å²) in [5.41, 5.74) is -0.209. The van der Waals surface area contributed by atoms with E-state index >= 15 is 0 Å². The fraction of sp³-hybridized carbons (Fsp3) is 0.562. The number of carboxylic acid groups (broad SMARTS) is 2. The van der Waals surface area contributed by atoms with Gasteiger partial charge in [-0.3, -0.25) is 9.59 Å². The van der Waals surface area contributed by atoms with Crippen molar-refractivity contribution in [1.82, 2.24) is 14.6 Å². The third kappa shape index (κ3) is 3.32. The number of aliphatic hydroxyl groups excluding tert-OH is 1. The third-order valence-electron chi connectivity index (χ3n) is 5.03. The van der Waals surface area contributed by atoms with Crippen LogP contribution in [-0.4, -0.2) is 65.6 Å². The van der Waals surface area contributed by atoms with Crippen molar-refractivity contribution in [2.24, 2.45) is 11.8 Å². The van der Waals surface area contributed by atoms with E-state index in [4.69, 9.17) is 0 Å². The van der Waals surface area contributed by atoms with E-state index in [1.165, 1.54) is 18.7 Å². The number of amides is 1. The molecule has 0 saturated carbocycles. The lowest BCUT2D eigenvalue weighted by molar-refractivity contribution is -0.758. The quantitative estimate of drug-likeness (QED) is 0.399. The molecule has 2 unspecified atom stereocenters. The van der Waals surface area contributed by atoms with Crippen LogP contribution in [0.2, 0.25) is 0 Å². The van der Waals surface area contributed by atoms with E-state index in [0.29, 0.717) is 24.4 Å². The molecule has 0 fully saturated rings. The van der Waals surface area contributed by atoms with Gasteiger partial charge in [0.2, 0.25) is 12.7 Å². The van der Waals surface area contributed by atoms with Crippen molar-refractivity contribution in [3.8, 4) is 0 Å². The third-order valence-corrected chi connectivity index (χ3v) is 6.48. The summed E-state index contributed by atoms with van der Waals surface area (Å²) in [6, 6.07) is -0.969. The van der Waals surface area contributed by atoms with Crippen LogP contribution in [0.3, 0.4) is 0 Å². The van der Waals surface area contributed by atoms with E-state index in [0.717, 1.165) is 4.90 Å². The maximum absolute atomic E-state index is 11.9. The summed E-state index contributed by atoms with van der Waals surface area (Å²) in [6.45, 7) is 4.27. The minimum Gasteiger partial charge on any atom is -0.481 e. The van der Waals surface area contributed by atoms with Gasteiger partial charge in [-0.05, 0) is 11.9 Å². The molecule has 2 aliphatic heterocycles. The molecule has 3 heterocycles. The van der Waals surface area contributed by atoms with E-state index in [-0.39, 0.29) is 10.9 Å². The first-order chi connectivity index (χ1) is 12.8. The van der Waals surface area contributed by atoms with E-state index in [1.807, 2.05) is 9.36 Å². The number of thioether (sulfide) groups is 1. The lowest BCUT2D eigenvalue weighted by Gasteiger charge is -2.31. The number of rotatable bonds is 7. The van der Waals surface area contributed by atoms with Gasteiger partial charge in [-0.15, -0.1) is 11.8 Å². The molecule has 27 heavy (non-hydrogen) atoms. The van der Waals surface area contributed by atoms with Gasteiger partial charge in [-0.25, -0.2) is 4.79 Å². The monoisotopic (exact) mass is 397 g/mol. The Labute approximate surface area is 159 Å². The van der Waals surface area contributed by atoms with Crippen LogP contribution < -0.4 is 4.68 Å². The molecule has 0 spiro atoms. The van der Waals surface area contributed by atoms with Crippen LogP contribution >= 0.6 is 11.8 Å². The molecule has 2 aliphatic rings. The summed E-state index contributed by atoms with van der Waals surface area (Å²) in [5, 5.41) is 29.2. The number of aliphatic carboxylic acids is 2. The van der Waals surface area contributed by atoms with Crippen LogP contribution in [0.15, 0.2) is 23.3 Å². The zero-order valence-corrected chi connectivity index (χ0v) is 15.6. The van der Waals surface area contributed by atoms with Crippen molar-refractivity contribution in [2.45, 2.75) is 44.3 Å². The normalized spacial score (nSPS) is 26.8. The van der Waals surface area contributed by atoms with Gasteiger partial charge in [0.1, 0.15) is 18.2 Å². The fourth-order valence-electron chi connectivity index (χ4n) is 3.86. The molecule has 0 aromatic carbocycles. The zero-order valence-electron chi connectivity index (χ0n) is 14.8. The Balaban J connectivity index is 1.93. The summed E-state index contributed by atoms with van der Waals surface area (Å²) in [4.78, 5) is 40.7. The number of hydrogen-bond acceptors (Lipinski definition) is 6. The molecule has 3 N–H and O–H groups in total. The second-order valence-electron chi connectivity index (χ2n) is 6.78. The summed E-state index contributed by atoms with van der Waals surface area (Å²) >= 11 is 1.34. The molecule has 0 bridgehead atoms. The van der Waals surface area contributed by atoms with Crippen LogP contribution in [0.1, 0.15) is 13.8 Å². The number of carbonyl (C=O) groups excluding carboxylic acids is 1. The largest absolute Gasteiger partial charge is 0.481 e. The Morgan fingerprint density at radius 3 is 2.67 bits per heavy atom. The molecular weight excluding hydrogens is 376 g/mol. The highest BCUT2D eigenvalue weighted by Gasteiger charge is 2.49. The first-order valence-corrected chi connectivity index (χ1v) is 9.32. The van der Waals surface area contributed by atoms with Gasteiger partial charge >= 0.3 is 18.3 Å². The highest BCUT2D eigenvalue weighted by atomic mass is 32.2. The van der Waals surface area contributed by atoms with Crippen LogP contribution in [-0.2, 0) is 27.5 Å². The number of carboxylic acids is 2. The number of aromatic nitrogens is 3. The van der Waals surface area contributed by atoms with E-state index in [2.05, 4.69) is 4.98 Å². The zero-order chi connectivity index (χ0) is 19.9. The van der Waals surface area contributed by atoms with Crippen LogP contribution in [0.4, 0.5) is 0 Å². The average molecular weight is 397 g/mol. The number of fused-ring (bicyclic) bond motifs is 1. The van der Waals surface area contributed by atoms with Crippen molar-refractivity contribution in [2.75, 3.05) is 0 Å². The Bertz CT molecular complexity index is 786. The number of hydrogen-bond donors (Lipinski definition) is 3. The highest BCUT2D eigenvalue weighted by molar-refractivity contribution is 8.03. The summed E-state index contributed by atoms with van der Waals surface area (Å²) in [5.74, 6) is -4.40. The summed E-state index contributed by atoms with van der Waals surface area (Å²) in [6.07, 6.45) is 2.46. The Morgan fingerprint density at radius 2 is 2.15 bits per heavy atom. The van der Waals surface area contributed by atoms with Gasteiger partial charge in [-0.2, -0.15) is 9.36 Å². The minimum absolute atomic E-state index is 0.0295. The molecule has 3 rings (SSSR count). The maximum Gasteiger partial charge on any atom is 0.353 e. The molecule has 1 amide bonds. The molecule has 11 heteroatoms. The lowest BCUT2D eigenvalue weighted by Crippen LogP contribution is -2.47. The SMILES string of the molecule is C[C@@H](O)C(C(=O)O)C1[C@@H](C)C(SC2Cn3cnc[n+]3C2)=C(C(=O)O)N1C=O. The van der Waals surface area contributed by atoms with Gasteiger partial charge in [0, 0.05) is 10.8 Å². The Hall–Kier alpha value is -2.40. The number of nitrogens with zero attached hydrogens (tertiary/aromatic N) is 4. The van der Waals surface area contributed by atoms with Gasteiger partial charge < -0.3 is 20.2 Å². The van der Waals surface area contributed by atoms with E-state index in [1.54, 1.807) is 19.6 Å². The first-order valence-electron chi connectivity index (χ1n) is 8.44. The second-order valence-corrected chi connectivity index (χ2v) is 8.12. The van der Waals surface area contributed by atoms with Crippen molar-refractivity contribution >= 4 is 30.1 Å². The molecule has 0 aliphatic carbocycles. The molecule has 146 valence electrons. The molecule has 0 radical (unpaired) electrons. The summed E-state index contributed by atoms with van der Waals surface area (Å²) in [7, 11) is 0. The molecule has 10 nitrogen and oxygen atoms in total. The van der Waals surface area contributed by atoms with E-state index in [9.17, 15) is 29.7 Å². The van der Waals surface area contributed by atoms with Crippen LogP contribution in [0.5, 0.6) is 0 Å². The van der Waals surface area contributed by atoms with Gasteiger partial charge in [0.25, 0.3) is 0 Å². The van der Waals surface area contributed by atoms with Crippen molar-refractivity contribution in [1.29, 1.82) is 0 Å². The molecule has 1 aromatic rings. The van der Waals surface area contributed by atoms with Crippen LogP contribution in [0.25, 0.3) is 0 Å². The van der Waals surface area contributed by atoms with Gasteiger partial charge in [0.05, 0.1) is 23.9 Å². The lowest BCUT2D eigenvalue weighted by atomic mass is 9.87. The van der Waals surface area contributed by atoms with Crippen LogP contribution in [0, 0.1) is 11.8 Å². The number of aliphatic hydroxyl groups is 1. The highest BCUT2D eigenvalue weighted by Crippen LogP contribution is 2.45. The molecule has 4 atom stereocenters. The van der Waals surface area contributed by atoms with Crippen molar-refractivity contribution in [3.63, 3.8) is 0 Å². The molecule has 0 saturated heterocycles. The van der Waals surface area contributed by atoms with E-state index < -0.39 is 35.9 Å². The van der Waals surface area contributed by atoms with Crippen molar-refractivity contribution < 1.29 is 34.4 Å². The van der Waals surface area contributed by atoms with Gasteiger partial charge in [0.15, 0.2) is 0 Å². The Morgan fingerprint density at radius 1 is 1.44 bits per heavy atom. The predicted octanol–water partition coefficient (Wildman–Crippen LogP) is -0.859. The van der Waals surface area contributed by atoms with Crippen molar-refractivity contribution in [3.05, 3.63) is 23.3 Å². The average Bonchev–Trinajstić information content (AvgIpc) is 3.22. The second kappa shape index (κ2) is 7.31.